The fourth-order valence-corrected chi connectivity index (χ4v) is 11.0. The first kappa shape index (κ1) is 41.1. The van der Waals surface area contributed by atoms with Crippen LogP contribution in [0.25, 0.3) is 22.3 Å². The molecule has 5 heterocycles. The number of nitrogens with one attached hydrogen (secondary N) is 2. The standard InChI is InChI=1S/C49H44Cl2N6O6/c1-56-26-49(57(48(56)62)32-11-9-29(10-12-32)34-3-2-4-36(44(34)50)37-15-17-41(58)54-46(37)60)22-30(23-49)33-13-14-35(45(51)43(33)38-16-18-42(59)55-47(38)61)28-7-5-27(6-8-28)21-40-52-20-19-39(53-40)31-24-63-25-31/h2-14,19-20,30-31,37-38H,15-18,21-26H2,1H3,(H,54,58,60)(H,55,59,61). The Balaban J connectivity index is 0.912. The number of imide groups is 2. The second-order valence-corrected chi connectivity index (χ2v) is 18.3. The summed E-state index contributed by atoms with van der Waals surface area (Å²) in [4.78, 5) is 77.2. The van der Waals surface area contributed by atoms with Crippen molar-refractivity contribution < 1.29 is 28.7 Å². The van der Waals surface area contributed by atoms with E-state index in [9.17, 15) is 24.0 Å². The molecule has 1 aliphatic carbocycles. The molecule has 12 nitrogen and oxygen atoms in total. The summed E-state index contributed by atoms with van der Waals surface area (Å²) in [5.74, 6) is -1.35. The van der Waals surface area contributed by atoms with E-state index in [1.807, 2.05) is 90.8 Å². The maximum Gasteiger partial charge on any atom is 0.324 e. The van der Waals surface area contributed by atoms with Crippen molar-refractivity contribution in [2.45, 2.75) is 74.2 Å². The number of rotatable bonds is 9. The number of halogens is 2. The lowest BCUT2D eigenvalue weighted by molar-refractivity contribution is -0.135. The molecule has 1 saturated carbocycles. The van der Waals surface area contributed by atoms with E-state index in [1.165, 1.54) is 0 Å². The smallest absolute Gasteiger partial charge is 0.324 e. The molecular formula is C49H44Cl2N6O6. The number of anilines is 1. The van der Waals surface area contributed by atoms with E-state index in [2.05, 4.69) is 21.7 Å². The summed E-state index contributed by atoms with van der Waals surface area (Å²) in [5.41, 5.74) is 7.94. The van der Waals surface area contributed by atoms with Crippen molar-refractivity contribution in [1.29, 1.82) is 0 Å². The van der Waals surface area contributed by atoms with Crippen LogP contribution in [0.1, 0.15) is 96.0 Å². The average molecular weight is 884 g/mol. The van der Waals surface area contributed by atoms with Crippen molar-refractivity contribution in [3.05, 3.63) is 135 Å². The average Bonchev–Trinajstić information content (AvgIpc) is 3.50. The maximum absolute atomic E-state index is 13.9. The number of carbonyl (C=O) groups is 5. The number of aromatic nitrogens is 2. The maximum atomic E-state index is 13.9. The van der Waals surface area contributed by atoms with Crippen molar-refractivity contribution in [2.75, 3.05) is 31.7 Å². The molecule has 5 fully saturated rings. The van der Waals surface area contributed by atoms with Crippen molar-refractivity contribution >= 4 is 58.5 Å². The summed E-state index contributed by atoms with van der Waals surface area (Å²) in [6.45, 7) is 1.89. The highest BCUT2D eigenvalue weighted by Gasteiger charge is 2.57. The van der Waals surface area contributed by atoms with Crippen LogP contribution in [0.3, 0.4) is 0 Å². The van der Waals surface area contributed by atoms with E-state index < -0.39 is 17.4 Å². The number of amides is 6. The van der Waals surface area contributed by atoms with Gasteiger partial charge in [-0.1, -0.05) is 89.9 Å². The molecule has 2 unspecified atom stereocenters. The predicted octanol–water partition coefficient (Wildman–Crippen LogP) is 8.05. The molecule has 2 atom stereocenters. The van der Waals surface area contributed by atoms with Crippen LogP contribution in [0.4, 0.5) is 10.5 Å². The number of hydrogen-bond donors (Lipinski definition) is 2. The van der Waals surface area contributed by atoms with Gasteiger partial charge in [-0.15, -0.1) is 0 Å². The molecule has 4 aromatic carbocycles. The van der Waals surface area contributed by atoms with Crippen LogP contribution in [0.15, 0.2) is 91.1 Å². The Morgan fingerprint density at radius 2 is 1.38 bits per heavy atom. The molecule has 10 rings (SSSR count). The van der Waals surface area contributed by atoms with Gasteiger partial charge in [-0.05, 0) is 83.2 Å². The van der Waals surface area contributed by atoms with Crippen LogP contribution in [-0.4, -0.2) is 76.9 Å². The summed E-state index contributed by atoms with van der Waals surface area (Å²) in [5, 5.41) is 5.91. The minimum atomic E-state index is -0.608. The first-order valence-electron chi connectivity index (χ1n) is 21.4. The third kappa shape index (κ3) is 7.47. The molecule has 5 aliphatic rings. The number of carbonyl (C=O) groups excluding carboxylic acids is 5. The van der Waals surface area contributed by atoms with Crippen LogP contribution >= 0.6 is 23.2 Å². The molecule has 320 valence electrons. The van der Waals surface area contributed by atoms with Gasteiger partial charge in [0.25, 0.3) is 0 Å². The quantitative estimate of drug-likeness (QED) is 0.141. The molecule has 5 aromatic rings. The van der Waals surface area contributed by atoms with Crippen LogP contribution in [0.2, 0.25) is 10.0 Å². The van der Waals surface area contributed by atoms with Crippen LogP contribution < -0.4 is 15.5 Å². The number of nitrogens with zero attached hydrogens (tertiary/aromatic N) is 4. The number of piperidine rings is 2. The highest BCUT2D eigenvalue weighted by atomic mass is 35.5. The van der Waals surface area contributed by atoms with Crippen molar-refractivity contribution in [3.8, 4) is 22.3 Å². The lowest BCUT2D eigenvalue weighted by Gasteiger charge is -2.50. The van der Waals surface area contributed by atoms with Crippen LogP contribution in [0, 0.1) is 0 Å². The van der Waals surface area contributed by atoms with E-state index in [-0.39, 0.29) is 48.4 Å². The Bertz CT molecular complexity index is 2700. The highest BCUT2D eigenvalue weighted by Crippen LogP contribution is 2.55. The molecule has 4 aliphatic heterocycles. The van der Waals surface area contributed by atoms with Gasteiger partial charge in [-0.3, -0.25) is 34.7 Å². The highest BCUT2D eigenvalue weighted by molar-refractivity contribution is 6.35. The Hall–Kier alpha value is -5.95. The molecule has 0 bridgehead atoms. The molecule has 63 heavy (non-hydrogen) atoms. The second kappa shape index (κ2) is 16.3. The van der Waals surface area contributed by atoms with Crippen molar-refractivity contribution in [1.82, 2.24) is 25.5 Å². The summed E-state index contributed by atoms with van der Waals surface area (Å²) in [6.07, 6.45) is 4.88. The predicted molar refractivity (Wildman–Crippen MR) is 238 cm³/mol. The van der Waals surface area contributed by atoms with E-state index in [1.54, 1.807) is 11.1 Å². The largest absolute Gasteiger partial charge is 0.380 e. The van der Waals surface area contributed by atoms with E-state index >= 15 is 0 Å². The molecule has 0 radical (unpaired) electrons. The lowest BCUT2D eigenvalue weighted by Crippen LogP contribution is -2.56. The Labute approximate surface area is 374 Å². The van der Waals surface area contributed by atoms with Gasteiger partial charge in [0.15, 0.2) is 0 Å². The number of benzene rings is 4. The van der Waals surface area contributed by atoms with Crippen molar-refractivity contribution in [2.24, 2.45) is 0 Å². The third-order valence-corrected chi connectivity index (χ3v) is 14.3. The first-order valence-corrected chi connectivity index (χ1v) is 22.1. The second-order valence-electron chi connectivity index (χ2n) is 17.5. The van der Waals surface area contributed by atoms with Gasteiger partial charge in [0, 0.05) is 61.8 Å². The number of likely N-dealkylation sites (N-methyl/N-ethyl adjacent to an activating group) is 1. The molecule has 2 N–H and O–H groups in total. The molecule has 6 amide bonds. The van der Waals surface area contributed by atoms with Gasteiger partial charge in [0.1, 0.15) is 5.82 Å². The lowest BCUT2D eigenvalue weighted by atomic mass is 9.63. The van der Waals surface area contributed by atoms with Gasteiger partial charge < -0.3 is 9.64 Å². The van der Waals surface area contributed by atoms with E-state index in [4.69, 9.17) is 32.9 Å². The summed E-state index contributed by atoms with van der Waals surface area (Å²) in [7, 11) is 1.81. The first-order chi connectivity index (χ1) is 30.5. The Morgan fingerprint density at radius 1 is 0.730 bits per heavy atom. The number of ether oxygens (including phenoxy) is 1. The van der Waals surface area contributed by atoms with Gasteiger partial charge in [0.2, 0.25) is 23.6 Å². The van der Waals surface area contributed by atoms with Gasteiger partial charge in [0.05, 0.1) is 46.3 Å². The number of hydrogen-bond acceptors (Lipinski definition) is 8. The summed E-state index contributed by atoms with van der Waals surface area (Å²) >= 11 is 14.3. The molecule has 14 heteroatoms. The number of urea groups is 1. The summed E-state index contributed by atoms with van der Waals surface area (Å²) in [6, 6.07) is 27.4. The minimum Gasteiger partial charge on any atom is -0.380 e. The Morgan fingerprint density at radius 3 is 2.03 bits per heavy atom. The topological polar surface area (TPSA) is 151 Å². The van der Waals surface area contributed by atoms with Gasteiger partial charge >= 0.3 is 6.03 Å². The Kier molecular flexibility index (Phi) is 10.6. The SMILES string of the molecule is CN1CC2(CC(c3ccc(-c4ccc(Cc5nccc(C6COC6)n5)cc4)c(Cl)c3C3CCC(=O)NC3=O)C2)N(c2ccc(-c3cccc(C4CCC(=O)NC4=O)c3Cl)cc2)C1=O. The molecular weight excluding hydrogens is 839 g/mol. The summed E-state index contributed by atoms with van der Waals surface area (Å²) < 4.78 is 5.35. The van der Waals surface area contributed by atoms with Gasteiger partial charge in [-0.25, -0.2) is 14.8 Å². The zero-order valence-electron chi connectivity index (χ0n) is 34.5. The van der Waals surface area contributed by atoms with Crippen LogP contribution in [0.5, 0.6) is 0 Å². The normalized spacial score (nSPS) is 23.7. The zero-order chi connectivity index (χ0) is 43.6. The van der Waals surface area contributed by atoms with Gasteiger partial charge in [-0.2, -0.15) is 0 Å². The molecule has 4 saturated heterocycles. The van der Waals surface area contributed by atoms with E-state index in [0.717, 1.165) is 56.1 Å². The third-order valence-electron chi connectivity index (χ3n) is 13.5. The fourth-order valence-electron chi connectivity index (χ4n) is 10.2. The van der Waals surface area contributed by atoms with Crippen LogP contribution in [-0.2, 0) is 30.3 Å². The zero-order valence-corrected chi connectivity index (χ0v) is 36.0. The minimum absolute atomic E-state index is 0.00323. The fraction of sp³-hybridized carbons (Fsp3) is 0.327. The molecule has 1 aromatic heterocycles. The van der Waals surface area contributed by atoms with E-state index in [0.29, 0.717) is 73.4 Å². The van der Waals surface area contributed by atoms with Crippen molar-refractivity contribution in [3.63, 3.8) is 0 Å². The monoisotopic (exact) mass is 882 g/mol. The molecule has 1 spiro atoms.